The van der Waals surface area contributed by atoms with Gasteiger partial charge in [-0.3, -0.25) is 0 Å². The van der Waals surface area contributed by atoms with Crippen molar-refractivity contribution in [3.63, 3.8) is 0 Å². The molecule has 0 aromatic rings. The molecule has 9 atom stereocenters. The van der Waals surface area contributed by atoms with Gasteiger partial charge in [0.25, 0.3) is 0 Å². The zero-order valence-electron chi connectivity index (χ0n) is 20.4. The molecule has 0 saturated heterocycles. The lowest BCUT2D eigenvalue weighted by Crippen LogP contribution is -2.52. The predicted octanol–water partition coefficient (Wildman–Crippen LogP) is 5.42. The molecule has 1 unspecified atom stereocenters. The summed E-state index contributed by atoms with van der Waals surface area (Å²) in [5, 5.41) is 31.5. The Morgan fingerprint density at radius 3 is 2.42 bits per heavy atom. The highest BCUT2D eigenvalue weighted by molar-refractivity contribution is 5.40. The van der Waals surface area contributed by atoms with Crippen molar-refractivity contribution in [1.29, 1.82) is 0 Å². The zero-order valence-corrected chi connectivity index (χ0v) is 20.4. The highest BCUT2D eigenvalue weighted by atomic mass is 16.3. The van der Waals surface area contributed by atoms with Crippen molar-refractivity contribution < 1.29 is 15.3 Å². The smallest absolute Gasteiger partial charge is 0.0661 e. The van der Waals surface area contributed by atoms with E-state index in [2.05, 4.69) is 52.0 Å². The molecular weight excluding hydrogens is 384 g/mol. The molecule has 4 aliphatic carbocycles. The van der Waals surface area contributed by atoms with E-state index in [-0.39, 0.29) is 11.3 Å². The van der Waals surface area contributed by atoms with E-state index < -0.39 is 17.8 Å². The maximum atomic E-state index is 11.0. The topological polar surface area (TPSA) is 60.7 Å². The van der Waals surface area contributed by atoms with E-state index in [9.17, 15) is 15.3 Å². The van der Waals surface area contributed by atoms with E-state index in [4.69, 9.17) is 0 Å². The summed E-state index contributed by atoms with van der Waals surface area (Å²) >= 11 is 0. The molecule has 3 N–H and O–H groups in total. The molecule has 0 spiro atoms. The number of aliphatic hydroxyl groups excluding tert-OH is 2. The van der Waals surface area contributed by atoms with Gasteiger partial charge in [-0.05, 0) is 75.0 Å². The first-order valence-corrected chi connectivity index (χ1v) is 12.6. The molecule has 4 aliphatic rings. The van der Waals surface area contributed by atoms with Crippen molar-refractivity contribution in [3.8, 4) is 0 Å². The van der Waals surface area contributed by atoms with Crippen LogP contribution in [0.15, 0.2) is 35.5 Å². The van der Waals surface area contributed by atoms with Crippen LogP contribution in [0.2, 0.25) is 0 Å². The van der Waals surface area contributed by atoms with Crippen molar-refractivity contribution in [2.24, 2.45) is 40.4 Å². The van der Waals surface area contributed by atoms with Crippen LogP contribution in [-0.4, -0.2) is 33.1 Å². The van der Waals surface area contributed by atoms with Gasteiger partial charge in [-0.25, -0.2) is 0 Å². The third-order valence-corrected chi connectivity index (χ3v) is 10.2. The second-order valence-corrected chi connectivity index (χ2v) is 12.3. The van der Waals surface area contributed by atoms with E-state index in [0.717, 1.165) is 6.42 Å². The molecule has 0 amide bonds. The Labute approximate surface area is 189 Å². The Morgan fingerprint density at radius 1 is 1.03 bits per heavy atom. The van der Waals surface area contributed by atoms with E-state index >= 15 is 0 Å². The molecule has 0 radical (unpaired) electrons. The minimum Gasteiger partial charge on any atom is -0.393 e. The van der Waals surface area contributed by atoms with Crippen LogP contribution < -0.4 is 0 Å². The van der Waals surface area contributed by atoms with Crippen LogP contribution >= 0.6 is 0 Å². The maximum absolute atomic E-state index is 11.0. The number of aliphatic hydroxyl groups is 3. The summed E-state index contributed by atoms with van der Waals surface area (Å²) < 4.78 is 0. The summed E-state index contributed by atoms with van der Waals surface area (Å²) in [6.45, 7) is 13.0. The van der Waals surface area contributed by atoms with Crippen LogP contribution in [0.1, 0.15) is 80.1 Å². The van der Waals surface area contributed by atoms with Gasteiger partial charge in [-0.15, -0.1) is 0 Å². The van der Waals surface area contributed by atoms with Gasteiger partial charge < -0.3 is 15.3 Å². The highest BCUT2D eigenvalue weighted by Crippen LogP contribution is 2.66. The summed E-state index contributed by atoms with van der Waals surface area (Å²) in [6.07, 6.45) is 14.4. The van der Waals surface area contributed by atoms with E-state index in [0.29, 0.717) is 41.9 Å². The lowest BCUT2D eigenvalue weighted by atomic mass is 9.49. The number of hydrogen-bond acceptors (Lipinski definition) is 3. The number of rotatable bonds is 4. The van der Waals surface area contributed by atoms with Gasteiger partial charge in [0.2, 0.25) is 0 Å². The van der Waals surface area contributed by atoms with Crippen molar-refractivity contribution in [2.45, 2.75) is 97.9 Å². The van der Waals surface area contributed by atoms with Crippen LogP contribution in [0, 0.1) is 40.4 Å². The number of hydrogen-bond donors (Lipinski definition) is 3. The first kappa shape index (κ1) is 23.3. The molecule has 4 rings (SSSR count). The first-order chi connectivity index (χ1) is 14.4. The van der Waals surface area contributed by atoms with Crippen LogP contribution in [0.3, 0.4) is 0 Å². The molecule has 3 saturated carbocycles. The molecule has 0 aromatic heterocycles. The van der Waals surface area contributed by atoms with Gasteiger partial charge in [0.1, 0.15) is 0 Å². The normalized spacial score (nSPS) is 44.7. The molecule has 31 heavy (non-hydrogen) atoms. The highest BCUT2D eigenvalue weighted by Gasteiger charge is 2.58. The summed E-state index contributed by atoms with van der Waals surface area (Å²) in [5.41, 5.74) is 2.22. The predicted molar refractivity (Wildman–Crippen MR) is 126 cm³/mol. The van der Waals surface area contributed by atoms with E-state index in [1.165, 1.54) is 24.8 Å². The fourth-order valence-electron chi connectivity index (χ4n) is 7.66. The molecule has 0 aromatic carbocycles. The van der Waals surface area contributed by atoms with Gasteiger partial charge in [-0.2, -0.15) is 0 Å². The summed E-state index contributed by atoms with van der Waals surface area (Å²) in [6, 6.07) is 0. The summed E-state index contributed by atoms with van der Waals surface area (Å²) in [7, 11) is 0. The monoisotopic (exact) mass is 428 g/mol. The largest absolute Gasteiger partial charge is 0.393 e. The quantitative estimate of drug-likeness (QED) is 0.524. The lowest BCUT2D eigenvalue weighted by Gasteiger charge is -2.56. The van der Waals surface area contributed by atoms with Gasteiger partial charge in [0, 0.05) is 17.8 Å². The molecule has 0 aliphatic heterocycles. The van der Waals surface area contributed by atoms with Gasteiger partial charge in [0.15, 0.2) is 0 Å². The zero-order chi connectivity index (χ0) is 22.8. The molecular formula is C28H44O3. The average molecular weight is 429 g/mol. The third-order valence-electron chi connectivity index (χ3n) is 10.2. The molecule has 3 nitrogen and oxygen atoms in total. The lowest BCUT2D eigenvalue weighted by molar-refractivity contribution is -0.0537. The van der Waals surface area contributed by atoms with Gasteiger partial charge in [-0.1, -0.05) is 63.1 Å². The molecule has 174 valence electrons. The Balaban J connectivity index is 1.58. The van der Waals surface area contributed by atoms with Crippen LogP contribution in [0.5, 0.6) is 0 Å². The minimum absolute atomic E-state index is 0.142. The Kier molecular flexibility index (Phi) is 5.89. The Morgan fingerprint density at radius 2 is 1.74 bits per heavy atom. The average Bonchev–Trinajstić information content (AvgIpc) is 3.03. The van der Waals surface area contributed by atoms with Gasteiger partial charge in [0.05, 0.1) is 17.8 Å². The molecule has 0 bridgehead atoms. The van der Waals surface area contributed by atoms with Gasteiger partial charge >= 0.3 is 0 Å². The van der Waals surface area contributed by atoms with Crippen LogP contribution in [0.25, 0.3) is 0 Å². The Bertz CT molecular complexity index is 787. The fraction of sp³-hybridized carbons (Fsp3) is 0.786. The second-order valence-electron chi connectivity index (χ2n) is 12.3. The van der Waals surface area contributed by atoms with Crippen molar-refractivity contribution in [2.75, 3.05) is 0 Å². The van der Waals surface area contributed by atoms with Crippen molar-refractivity contribution >= 4 is 0 Å². The van der Waals surface area contributed by atoms with E-state index in [1.807, 2.05) is 13.8 Å². The van der Waals surface area contributed by atoms with Crippen molar-refractivity contribution in [1.82, 2.24) is 0 Å². The van der Waals surface area contributed by atoms with Crippen LogP contribution in [0.4, 0.5) is 0 Å². The third kappa shape index (κ3) is 3.69. The maximum Gasteiger partial charge on any atom is 0.0661 e. The number of fused-ring (bicyclic) bond motifs is 5. The standard InChI is InChI=1S/C28H44O3/c1-17(7-8-18(2)26(3,4)31)22-11-12-23-21-10-9-19-15-20(29)16-25(30)28(19,6)24(21)13-14-27(22,23)5/h7-10,17-18,20,22-25,29-31H,11-16H2,1-6H3/b8-7+/t17-,18-,20+,22-,23+,24-,25?,27-,28-/m1/s1. The molecule has 3 fully saturated rings. The number of allylic oxidation sites excluding steroid dienone is 4. The Hall–Kier alpha value is -0.900. The first-order valence-electron chi connectivity index (χ1n) is 12.6. The van der Waals surface area contributed by atoms with Crippen LogP contribution in [-0.2, 0) is 0 Å². The van der Waals surface area contributed by atoms with E-state index in [1.54, 1.807) is 5.57 Å². The SMILES string of the molecule is C[C@H](/C=C/[C@@H](C)C(C)(C)O)[C@H]1CC[C@H]2C3=CC=C4C[C@H](O)CC(O)[C@@]4(C)[C@@H]3CC[C@]12C. The second kappa shape index (κ2) is 7.85. The molecule has 3 heteroatoms. The minimum atomic E-state index is -0.683. The summed E-state index contributed by atoms with van der Waals surface area (Å²) in [4.78, 5) is 0. The fourth-order valence-corrected chi connectivity index (χ4v) is 7.66. The van der Waals surface area contributed by atoms with Crippen molar-refractivity contribution in [3.05, 3.63) is 35.5 Å². The summed E-state index contributed by atoms with van der Waals surface area (Å²) in [5.74, 6) is 2.29. The molecule has 0 heterocycles.